The maximum Gasteiger partial charge on any atom is 0.0122 e. The summed E-state index contributed by atoms with van der Waals surface area (Å²) in [5.74, 6) is 0. The summed E-state index contributed by atoms with van der Waals surface area (Å²) < 4.78 is 0. The summed E-state index contributed by atoms with van der Waals surface area (Å²) in [6.07, 6.45) is 5.09. The highest BCUT2D eigenvalue weighted by molar-refractivity contribution is 4.88. The molecule has 3 nitrogen and oxygen atoms in total. The highest BCUT2D eigenvalue weighted by Gasteiger charge is 2.30. The second-order valence-corrected chi connectivity index (χ2v) is 5.54. The van der Waals surface area contributed by atoms with Crippen LogP contribution in [0.15, 0.2) is 0 Å². The van der Waals surface area contributed by atoms with Gasteiger partial charge in [-0.2, -0.15) is 0 Å². The van der Waals surface area contributed by atoms with E-state index in [1.54, 1.807) is 0 Å². The molecule has 0 aromatic rings. The maximum atomic E-state index is 6.03. The van der Waals surface area contributed by atoms with Crippen LogP contribution >= 0.6 is 0 Å². The van der Waals surface area contributed by atoms with Gasteiger partial charge in [0.25, 0.3) is 0 Å². The van der Waals surface area contributed by atoms with Crippen LogP contribution in [0.25, 0.3) is 0 Å². The summed E-state index contributed by atoms with van der Waals surface area (Å²) in [5, 5.41) is 0. The molecule has 0 spiro atoms. The van der Waals surface area contributed by atoms with Crippen LogP contribution in [-0.4, -0.2) is 54.1 Å². The van der Waals surface area contributed by atoms with E-state index in [0.29, 0.717) is 12.1 Å². The highest BCUT2D eigenvalue weighted by Crippen LogP contribution is 2.24. The van der Waals surface area contributed by atoms with Crippen molar-refractivity contribution in [2.75, 3.05) is 26.2 Å². The zero-order chi connectivity index (χ0) is 11.5. The van der Waals surface area contributed by atoms with E-state index in [-0.39, 0.29) is 0 Å². The van der Waals surface area contributed by atoms with Crippen LogP contribution < -0.4 is 5.73 Å². The molecule has 2 N–H and O–H groups in total. The summed E-state index contributed by atoms with van der Waals surface area (Å²) in [4.78, 5) is 5.28. The number of hydrogen-bond donors (Lipinski definition) is 1. The number of hydrogen-bond acceptors (Lipinski definition) is 3. The zero-order valence-electron chi connectivity index (χ0n) is 10.9. The van der Waals surface area contributed by atoms with Crippen molar-refractivity contribution in [3.8, 4) is 0 Å². The summed E-state index contributed by atoms with van der Waals surface area (Å²) in [7, 11) is 0. The predicted octanol–water partition coefficient (Wildman–Crippen LogP) is 1.28. The van der Waals surface area contributed by atoms with Crippen LogP contribution in [0.4, 0.5) is 0 Å². The van der Waals surface area contributed by atoms with Crippen LogP contribution in [0.5, 0.6) is 0 Å². The fourth-order valence-corrected chi connectivity index (χ4v) is 3.34. The Morgan fingerprint density at radius 2 is 1.81 bits per heavy atom. The molecule has 2 fully saturated rings. The number of nitrogens with zero attached hydrogens (tertiary/aromatic N) is 2. The minimum absolute atomic E-state index is 0.446. The van der Waals surface area contributed by atoms with Crippen LogP contribution in [0, 0.1) is 0 Å². The Balaban J connectivity index is 1.84. The minimum Gasteiger partial charge on any atom is -0.328 e. The Morgan fingerprint density at radius 3 is 2.38 bits per heavy atom. The third-order valence-electron chi connectivity index (χ3n) is 4.44. The van der Waals surface area contributed by atoms with Crippen LogP contribution in [0.1, 0.15) is 39.5 Å². The number of nitrogens with two attached hydrogens (primary N) is 1. The van der Waals surface area contributed by atoms with Gasteiger partial charge in [0, 0.05) is 24.7 Å². The summed E-state index contributed by atoms with van der Waals surface area (Å²) >= 11 is 0. The first-order chi connectivity index (χ1) is 7.70. The van der Waals surface area contributed by atoms with Gasteiger partial charge in [-0.25, -0.2) is 0 Å². The molecule has 2 aliphatic rings. The van der Waals surface area contributed by atoms with Gasteiger partial charge in [-0.1, -0.05) is 6.92 Å². The van der Waals surface area contributed by atoms with E-state index in [1.165, 1.54) is 51.9 Å². The number of piperidine rings is 2. The molecule has 0 aromatic heterocycles. The largest absolute Gasteiger partial charge is 0.328 e. The van der Waals surface area contributed by atoms with Crippen molar-refractivity contribution in [1.29, 1.82) is 0 Å². The van der Waals surface area contributed by atoms with Crippen molar-refractivity contribution in [2.45, 2.75) is 57.7 Å². The maximum absolute atomic E-state index is 6.03. The molecule has 16 heavy (non-hydrogen) atoms. The SMILES string of the molecule is CCN1CCC(N2CCC(N)CC2C)CC1. The Morgan fingerprint density at radius 1 is 1.12 bits per heavy atom. The molecule has 2 unspecified atom stereocenters. The standard InChI is InChI=1S/C13H27N3/c1-3-15-7-5-13(6-8-15)16-9-4-12(14)10-11(16)2/h11-13H,3-10,14H2,1-2H3. The lowest BCUT2D eigenvalue weighted by atomic mass is 9.93. The molecule has 94 valence electrons. The van der Waals surface area contributed by atoms with Gasteiger partial charge in [-0.15, -0.1) is 0 Å². The molecule has 2 atom stereocenters. The molecule has 0 saturated carbocycles. The Kier molecular flexibility index (Phi) is 4.22. The van der Waals surface area contributed by atoms with E-state index in [2.05, 4.69) is 23.6 Å². The van der Waals surface area contributed by atoms with E-state index >= 15 is 0 Å². The first-order valence-electron chi connectivity index (χ1n) is 6.94. The molecule has 2 heterocycles. The Hall–Kier alpha value is -0.120. The molecular formula is C13H27N3. The second-order valence-electron chi connectivity index (χ2n) is 5.54. The van der Waals surface area contributed by atoms with Gasteiger partial charge in [0.2, 0.25) is 0 Å². The van der Waals surface area contributed by atoms with Gasteiger partial charge in [0.05, 0.1) is 0 Å². The van der Waals surface area contributed by atoms with E-state index in [0.717, 1.165) is 6.04 Å². The molecule has 0 radical (unpaired) electrons. The normalized spacial score (nSPS) is 35.4. The van der Waals surface area contributed by atoms with Crippen molar-refractivity contribution >= 4 is 0 Å². The van der Waals surface area contributed by atoms with E-state index in [1.807, 2.05) is 0 Å². The molecule has 2 rings (SSSR count). The summed E-state index contributed by atoms with van der Waals surface area (Å²) in [6, 6.07) is 1.97. The lowest BCUT2D eigenvalue weighted by molar-refractivity contribution is 0.0533. The number of rotatable bonds is 2. The molecular weight excluding hydrogens is 198 g/mol. The van der Waals surface area contributed by atoms with Gasteiger partial charge in [-0.3, -0.25) is 4.90 Å². The van der Waals surface area contributed by atoms with Gasteiger partial charge in [0.1, 0.15) is 0 Å². The zero-order valence-corrected chi connectivity index (χ0v) is 10.9. The average molecular weight is 225 g/mol. The van der Waals surface area contributed by atoms with Crippen molar-refractivity contribution in [1.82, 2.24) is 9.80 Å². The molecule has 2 saturated heterocycles. The molecule has 3 heteroatoms. The molecule has 0 amide bonds. The van der Waals surface area contributed by atoms with Crippen LogP contribution in [0.3, 0.4) is 0 Å². The summed E-state index contributed by atoms with van der Waals surface area (Å²) in [5.41, 5.74) is 6.03. The van der Waals surface area contributed by atoms with E-state index in [4.69, 9.17) is 5.73 Å². The molecule has 0 aliphatic carbocycles. The first kappa shape index (κ1) is 12.3. The monoisotopic (exact) mass is 225 g/mol. The minimum atomic E-state index is 0.446. The molecule has 0 bridgehead atoms. The highest BCUT2D eigenvalue weighted by atomic mass is 15.2. The first-order valence-corrected chi connectivity index (χ1v) is 6.94. The van der Waals surface area contributed by atoms with Gasteiger partial charge in [0.15, 0.2) is 0 Å². The second kappa shape index (κ2) is 5.48. The smallest absolute Gasteiger partial charge is 0.0122 e. The van der Waals surface area contributed by atoms with Gasteiger partial charge in [-0.05, 0) is 52.2 Å². The Bertz CT molecular complexity index is 211. The molecule has 2 aliphatic heterocycles. The lowest BCUT2D eigenvalue weighted by Crippen LogP contribution is -2.53. The average Bonchev–Trinajstić information content (AvgIpc) is 2.29. The van der Waals surface area contributed by atoms with Crippen LogP contribution in [-0.2, 0) is 0 Å². The van der Waals surface area contributed by atoms with Crippen molar-refractivity contribution in [3.63, 3.8) is 0 Å². The van der Waals surface area contributed by atoms with Gasteiger partial charge >= 0.3 is 0 Å². The fraction of sp³-hybridized carbons (Fsp3) is 1.00. The van der Waals surface area contributed by atoms with Crippen molar-refractivity contribution < 1.29 is 0 Å². The lowest BCUT2D eigenvalue weighted by Gasteiger charge is -2.44. The number of likely N-dealkylation sites (tertiary alicyclic amines) is 2. The summed E-state index contributed by atoms with van der Waals surface area (Å²) in [6.45, 7) is 9.63. The fourth-order valence-electron chi connectivity index (χ4n) is 3.34. The van der Waals surface area contributed by atoms with Crippen molar-refractivity contribution in [3.05, 3.63) is 0 Å². The van der Waals surface area contributed by atoms with E-state index in [9.17, 15) is 0 Å². The topological polar surface area (TPSA) is 32.5 Å². The van der Waals surface area contributed by atoms with E-state index < -0.39 is 0 Å². The predicted molar refractivity (Wildman–Crippen MR) is 68.5 cm³/mol. The Labute approximate surface area is 100.0 Å². The third kappa shape index (κ3) is 2.76. The van der Waals surface area contributed by atoms with Gasteiger partial charge < -0.3 is 10.6 Å². The molecule has 0 aromatic carbocycles. The third-order valence-corrected chi connectivity index (χ3v) is 4.44. The van der Waals surface area contributed by atoms with Crippen LogP contribution in [0.2, 0.25) is 0 Å². The quantitative estimate of drug-likeness (QED) is 0.768. The van der Waals surface area contributed by atoms with Crippen molar-refractivity contribution in [2.24, 2.45) is 5.73 Å².